The Hall–Kier alpha value is -4.06. The second kappa shape index (κ2) is 9.20. The van der Waals surface area contributed by atoms with Gasteiger partial charge in [0.25, 0.3) is 0 Å². The Morgan fingerprint density at radius 1 is 1.21 bits per heavy atom. The summed E-state index contributed by atoms with van der Waals surface area (Å²) in [5, 5.41) is 9.78. The van der Waals surface area contributed by atoms with Gasteiger partial charge in [0.15, 0.2) is 11.6 Å². The number of methoxy groups -OCH3 is 1. The van der Waals surface area contributed by atoms with Crippen LogP contribution in [-0.2, 0) is 13.0 Å². The van der Waals surface area contributed by atoms with E-state index < -0.39 is 17.6 Å². The summed E-state index contributed by atoms with van der Waals surface area (Å²) in [7, 11) is 1.51. The van der Waals surface area contributed by atoms with E-state index in [0.717, 1.165) is 36.4 Å². The minimum Gasteiger partial charge on any atom is -0.496 e. The summed E-state index contributed by atoms with van der Waals surface area (Å²) in [4.78, 5) is 7.72. The molecule has 9 heteroatoms. The monoisotopic (exact) mass is 452 g/mol. The average molecular weight is 452 g/mol. The highest BCUT2D eigenvalue weighted by molar-refractivity contribution is 5.53. The summed E-state index contributed by atoms with van der Waals surface area (Å²) in [5.41, 5.74) is 8.24. The number of fused-ring (bicyclic) bond motifs is 1. The summed E-state index contributed by atoms with van der Waals surface area (Å²) in [6.45, 7) is 1.99. The van der Waals surface area contributed by atoms with Crippen LogP contribution in [0.1, 0.15) is 41.9 Å². The molecule has 2 heterocycles. The quantitative estimate of drug-likeness (QED) is 0.549. The van der Waals surface area contributed by atoms with Crippen LogP contribution in [0.3, 0.4) is 0 Å². The number of halogens is 2. The van der Waals surface area contributed by atoms with Gasteiger partial charge in [-0.1, -0.05) is 13.0 Å². The van der Waals surface area contributed by atoms with Crippen molar-refractivity contribution in [1.82, 2.24) is 9.97 Å². The van der Waals surface area contributed by atoms with Gasteiger partial charge in [-0.15, -0.1) is 0 Å². The van der Waals surface area contributed by atoms with Crippen molar-refractivity contribution < 1.29 is 23.0 Å². The lowest BCUT2D eigenvalue weighted by Gasteiger charge is -2.23. The minimum atomic E-state index is -0.803. The average Bonchev–Trinajstić information content (AvgIpc) is 3.19. The van der Waals surface area contributed by atoms with Crippen molar-refractivity contribution in [3.8, 4) is 23.4 Å². The van der Waals surface area contributed by atoms with Crippen LogP contribution in [0.15, 0.2) is 47.9 Å². The molecular formula is C24H22F2N4O3. The number of aromatic nitrogens is 2. The Bertz CT molecular complexity index is 1260. The number of nitriles is 1. The van der Waals surface area contributed by atoms with E-state index in [4.69, 9.17) is 19.9 Å². The number of aryl methyl sites for hydroxylation is 1. The summed E-state index contributed by atoms with van der Waals surface area (Å²) in [6, 6.07) is 10.6. The molecule has 1 atom stereocenters. The van der Waals surface area contributed by atoms with Crippen LogP contribution in [0.5, 0.6) is 17.4 Å². The number of imidazole rings is 1. The van der Waals surface area contributed by atoms with E-state index in [1.54, 1.807) is 12.1 Å². The molecule has 2 aromatic carbocycles. The Morgan fingerprint density at radius 3 is 2.70 bits per heavy atom. The fourth-order valence-corrected chi connectivity index (χ4v) is 3.79. The Balaban J connectivity index is 1.72. The Kier molecular flexibility index (Phi) is 6.18. The highest BCUT2D eigenvalue weighted by Crippen LogP contribution is 2.41. The molecule has 1 aliphatic heterocycles. The number of H-pyrrole nitrogens is 1. The fraction of sp³-hybridized carbons (Fsp3) is 0.250. The minimum absolute atomic E-state index is 0.00782. The van der Waals surface area contributed by atoms with E-state index in [9.17, 15) is 14.0 Å². The Morgan fingerprint density at radius 2 is 2.00 bits per heavy atom. The van der Waals surface area contributed by atoms with Crippen LogP contribution < -0.4 is 19.9 Å². The third-order valence-corrected chi connectivity index (χ3v) is 5.32. The maximum atomic E-state index is 14.0. The maximum absolute atomic E-state index is 14.0. The number of hydrogen-bond donors (Lipinski definition) is 2. The third kappa shape index (κ3) is 4.32. The van der Waals surface area contributed by atoms with E-state index in [-0.39, 0.29) is 23.8 Å². The van der Waals surface area contributed by atoms with Gasteiger partial charge in [0, 0.05) is 18.1 Å². The number of ether oxygens (including phenoxy) is 3. The second-order valence-electron chi connectivity index (χ2n) is 7.51. The second-order valence-corrected chi connectivity index (χ2v) is 7.51. The fourth-order valence-electron chi connectivity index (χ4n) is 3.79. The topological polar surface area (TPSA) is 106 Å². The number of nitrogens with zero attached hydrogens (tertiary/aromatic N) is 2. The van der Waals surface area contributed by atoms with Gasteiger partial charge in [-0.2, -0.15) is 10.2 Å². The zero-order chi connectivity index (χ0) is 23.5. The number of aromatic amines is 1. The van der Waals surface area contributed by atoms with Crippen molar-refractivity contribution in [2.45, 2.75) is 32.3 Å². The van der Waals surface area contributed by atoms with Gasteiger partial charge in [-0.3, -0.25) is 0 Å². The molecule has 0 aliphatic carbocycles. The highest BCUT2D eigenvalue weighted by atomic mass is 19.1. The summed E-state index contributed by atoms with van der Waals surface area (Å²) < 4.78 is 43.8. The van der Waals surface area contributed by atoms with Crippen LogP contribution in [0, 0.1) is 23.0 Å². The first-order valence-corrected chi connectivity index (χ1v) is 10.4. The maximum Gasteiger partial charge on any atom is 0.243 e. The van der Waals surface area contributed by atoms with Crippen molar-refractivity contribution in [2.24, 2.45) is 5.73 Å². The van der Waals surface area contributed by atoms with Gasteiger partial charge in [0.05, 0.1) is 18.7 Å². The van der Waals surface area contributed by atoms with Gasteiger partial charge in [0.2, 0.25) is 11.8 Å². The molecule has 170 valence electrons. The SMILES string of the molecule is CCCc1nc2c([nH]1)C(c1ccc(OC)c(COc3ccc(F)cc3F)c1)C(C#N)=C(N)O2. The summed E-state index contributed by atoms with van der Waals surface area (Å²) in [6.07, 6.45) is 1.60. The zero-order valence-electron chi connectivity index (χ0n) is 18.1. The van der Waals surface area contributed by atoms with Crippen molar-refractivity contribution >= 4 is 0 Å². The first-order valence-electron chi connectivity index (χ1n) is 10.4. The number of nitrogens with two attached hydrogens (primary N) is 1. The van der Waals surface area contributed by atoms with Gasteiger partial charge in [0.1, 0.15) is 35.6 Å². The molecule has 0 saturated heterocycles. The van der Waals surface area contributed by atoms with Crippen LogP contribution in [0.2, 0.25) is 0 Å². The first-order chi connectivity index (χ1) is 15.9. The van der Waals surface area contributed by atoms with E-state index in [1.807, 2.05) is 13.0 Å². The molecular weight excluding hydrogens is 430 g/mol. The zero-order valence-corrected chi connectivity index (χ0v) is 18.1. The number of hydrogen-bond acceptors (Lipinski definition) is 6. The molecule has 1 aliphatic rings. The largest absolute Gasteiger partial charge is 0.496 e. The lowest BCUT2D eigenvalue weighted by Crippen LogP contribution is -2.21. The lowest BCUT2D eigenvalue weighted by molar-refractivity contribution is 0.281. The highest BCUT2D eigenvalue weighted by Gasteiger charge is 2.34. The molecule has 4 rings (SSSR count). The van der Waals surface area contributed by atoms with E-state index >= 15 is 0 Å². The summed E-state index contributed by atoms with van der Waals surface area (Å²) >= 11 is 0. The standard InChI is InChI=1S/C24H22F2N4O3/c1-3-4-20-29-22-21(16(11-27)23(28)33-24(22)30-20)13-5-7-18(31-2)14(9-13)12-32-19-8-6-15(25)10-17(19)26/h5-10,21H,3-4,12,28H2,1-2H3,(H,29,30). The van der Waals surface area contributed by atoms with Gasteiger partial charge in [-0.05, 0) is 36.2 Å². The third-order valence-electron chi connectivity index (χ3n) is 5.32. The molecule has 0 fully saturated rings. The number of rotatable bonds is 7. The van der Waals surface area contributed by atoms with Crippen LogP contribution in [-0.4, -0.2) is 17.1 Å². The van der Waals surface area contributed by atoms with Gasteiger partial charge >= 0.3 is 0 Å². The van der Waals surface area contributed by atoms with Gasteiger partial charge in [-0.25, -0.2) is 8.78 Å². The molecule has 1 aromatic heterocycles. The molecule has 1 unspecified atom stereocenters. The predicted octanol–water partition coefficient (Wildman–Crippen LogP) is 4.45. The molecule has 0 amide bonds. The predicted molar refractivity (Wildman–Crippen MR) is 116 cm³/mol. The van der Waals surface area contributed by atoms with E-state index in [0.29, 0.717) is 22.9 Å². The normalized spacial score (nSPS) is 14.9. The molecule has 0 radical (unpaired) electrons. The molecule has 0 bridgehead atoms. The van der Waals surface area contributed by atoms with Gasteiger partial charge < -0.3 is 24.9 Å². The van der Waals surface area contributed by atoms with Crippen molar-refractivity contribution in [1.29, 1.82) is 5.26 Å². The lowest BCUT2D eigenvalue weighted by atomic mass is 9.87. The molecule has 7 nitrogen and oxygen atoms in total. The molecule has 0 spiro atoms. The Labute approximate surface area is 189 Å². The number of allylic oxidation sites excluding steroid dienone is 1. The summed E-state index contributed by atoms with van der Waals surface area (Å²) in [5.74, 6) is -0.536. The van der Waals surface area contributed by atoms with Crippen LogP contribution in [0.25, 0.3) is 0 Å². The van der Waals surface area contributed by atoms with Crippen molar-refractivity contribution in [3.63, 3.8) is 0 Å². The molecule has 3 N–H and O–H groups in total. The van der Waals surface area contributed by atoms with Crippen molar-refractivity contribution in [3.05, 3.63) is 82.1 Å². The number of nitrogens with one attached hydrogen (secondary N) is 1. The molecule has 0 saturated carbocycles. The van der Waals surface area contributed by atoms with Crippen molar-refractivity contribution in [2.75, 3.05) is 7.11 Å². The molecule has 3 aromatic rings. The molecule has 33 heavy (non-hydrogen) atoms. The van der Waals surface area contributed by atoms with E-state index in [1.165, 1.54) is 13.2 Å². The van der Waals surface area contributed by atoms with Crippen LogP contribution >= 0.6 is 0 Å². The van der Waals surface area contributed by atoms with E-state index in [2.05, 4.69) is 16.0 Å². The van der Waals surface area contributed by atoms with Crippen LogP contribution in [0.4, 0.5) is 8.78 Å². The first kappa shape index (κ1) is 22.1. The smallest absolute Gasteiger partial charge is 0.243 e. The number of benzene rings is 2.